The summed E-state index contributed by atoms with van der Waals surface area (Å²) in [7, 11) is 0. The van der Waals surface area contributed by atoms with Crippen LogP contribution in [0.1, 0.15) is 31.9 Å². The Hall–Kier alpha value is -1.57. The van der Waals surface area contributed by atoms with Crippen molar-refractivity contribution in [1.29, 1.82) is 0 Å². The van der Waals surface area contributed by atoms with E-state index in [0.29, 0.717) is 13.2 Å². The van der Waals surface area contributed by atoms with Gasteiger partial charge in [-0.05, 0) is 26.2 Å². The number of hydrogen-bond donors (Lipinski definition) is 1. The number of nitrogens with one attached hydrogen (secondary N) is 1. The molecule has 118 valence electrons. The summed E-state index contributed by atoms with van der Waals surface area (Å²) in [6.45, 7) is 3.03. The summed E-state index contributed by atoms with van der Waals surface area (Å²) < 4.78 is 49.2. The Morgan fingerprint density at radius 2 is 2.19 bits per heavy atom. The molecule has 0 radical (unpaired) electrons. The first-order chi connectivity index (χ1) is 9.99. The standard InChI is InChI=1S/C13H18F3N3O2/c1-2-17-12-18-10(13(14,15)16)7-11(19-12)21-8-9-5-3-4-6-20-9/h7,9H,2-6,8H2,1H3,(H,17,18,19). The molecule has 0 aliphatic carbocycles. The molecule has 0 aromatic carbocycles. The molecule has 1 aliphatic heterocycles. The molecule has 1 fully saturated rings. The maximum Gasteiger partial charge on any atom is 0.433 e. The van der Waals surface area contributed by atoms with E-state index in [1.807, 2.05) is 0 Å². The molecule has 0 amide bonds. The summed E-state index contributed by atoms with van der Waals surface area (Å²) >= 11 is 0. The number of anilines is 1. The highest BCUT2D eigenvalue weighted by molar-refractivity contribution is 5.31. The molecule has 1 aliphatic rings. The van der Waals surface area contributed by atoms with E-state index in [0.717, 1.165) is 25.3 Å². The summed E-state index contributed by atoms with van der Waals surface area (Å²) in [5, 5.41) is 2.66. The van der Waals surface area contributed by atoms with Crippen molar-refractivity contribution in [3.05, 3.63) is 11.8 Å². The number of alkyl halides is 3. The SMILES string of the molecule is CCNc1nc(OCC2CCCCO2)cc(C(F)(F)F)n1. The lowest BCUT2D eigenvalue weighted by molar-refractivity contribution is -0.141. The van der Waals surface area contributed by atoms with E-state index < -0.39 is 11.9 Å². The third-order valence-electron chi connectivity index (χ3n) is 3.02. The highest BCUT2D eigenvalue weighted by Gasteiger charge is 2.34. The van der Waals surface area contributed by atoms with Crippen LogP contribution in [0.3, 0.4) is 0 Å². The van der Waals surface area contributed by atoms with Gasteiger partial charge >= 0.3 is 6.18 Å². The molecule has 1 unspecified atom stereocenters. The third kappa shape index (κ3) is 4.73. The van der Waals surface area contributed by atoms with Crippen molar-refractivity contribution in [2.75, 3.05) is 25.1 Å². The Bertz CT molecular complexity index is 462. The maximum absolute atomic E-state index is 12.8. The lowest BCUT2D eigenvalue weighted by atomic mass is 10.1. The van der Waals surface area contributed by atoms with Gasteiger partial charge in [-0.2, -0.15) is 18.2 Å². The van der Waals surface area contributed by atoms with Crippen molar-refractivity contribution < 1.29 is 22.6 Å². The second kappa shape index (κ2) is 6.93. The van der Waals surface area contributed by atoms with Crippen LogP contribution >= 0.6 is 0 Å². The van der Waals surface area contributed by atoms with Crippen molar-refractivity contribution >= 4 is 5.95 Å². The molecule has 1 aromatic rings. The number of halogens is 3. The molecule has 1 atom stereocenters. The van der Waals surface area contributed by atoms with E-state index in [2.05, 4.69) is 15.3 Å². The minimum Gasteiger partial charge on any atom is -0.475 e. The lowest BCUT2D eigenvalue weighted by Crippen LogP contribution is -2.26. The largest absolute Gasteiger partial charge is 0.475 e. The van der Waals surface area contributed by atoms with Crippen LogP contribution in [-0.2, 0) is 10.9 Å². The van der Waals surface area contributed by atoms with Crippen LogP contribution in [0.5, 0.6) is 5.88 Å². The molecule has 2 heterocycles. The van der Waals surface area contributed by atoms with Gasteiger partial charge < -0.3 is 14.8 Å². The Morgan fingerprint density at radius 3 is 2.81 bits per heavy atom. The van der Waals surface area contributed by atoms with Crippen molar-refractivity contribution in [2.45, 2.75) is 38.5 Å². The number of aromatic nitrogens is 2. The van der Waals surface area contributed by atoms with Crippen molar-refractivity contribution in [2.24, 2.45) is 0 Å². The number of ether oxygens (including phenoxy) is 2. The van der Waals surface area contributed by atoms with Crippen molar-refractivity contribution in [3.8, 4) is 5.88 Å². The second-order valence-corrected chi connectivity index (χ2v) is 4.74. The van der Waals surface area contributed by atoms with Crippen LogP contribution in [0, 0.1) is 0 Å². The number of rotatable bonds is 5. The van der Waals surface area contributed by atoms with Gasteiger partial charge in [0.25, 0.3) is 0 Å². The van der Waals surface area contributed by atoms with Crippen LogP contribution in [0.15, 0.2) is 6.07 Å². The first kappa shape index (κ1) is 15.8. The third-order valence-corrected chi connectivity index (χ3v) is 3.02. The number of nitrogens with zero attached hydrogens (tertiary/aromatic N) is 2. The predicted octanol–water partition coefficient (Wildman–Crippen LogP) is 2.88. The fourth-order valence-electron chi connectivity index (χ4n) is 2.00. The van der Waals surface area contributed by atoms with Crippen molar-refractivity contribution in [1.82, 2.24) is 9.97 Å². The van der Waals surface area contributed by atoms with Gasteiger partial charge in [-0.15, -0.1) is 0 Å². The summed E-state index contributed by atoms with van der Waals surface area (Å²) in [6, 6.07) is 0.809. The van der Waals surface area contributed by atoms with E-state index >= 15 is 0 Å². The molecule has 5 nitrogen and oxygen atoms in total. The van der Waals surface area contributed by atoms with Crippen LogP contribution in [-0.4, -0.2) is 35.8 Å². The lowest BCUT2D eigenvalue weighted by Gasteiger charge is -2.22. The second-order valence-electron chi connectivity index (χ2n) is 4.74. The van der Waals surface area contributed by atoms with Crippen LogP contribution in [0.4, 0.5) is 19.1 Å². The van der Waals surface area contributed by atoms with Crippen molar-refractivity contribution in [3.63, 3.8) is 0 Å². The molecule has 0 spiro atoms. The normalized spacial score (nSPS) is 19.3. The highest BCUT2D eigenvalue weighted by atomic mass is 19.4. The molecular weight excluding hydrogens is 287 g/mol. The van der Waals surface area contributed by atoms with Gasteiger partial charge in [0.2, 0.25) is 11.8 Å². The molecular formula is C13H18F3N3O2. The summed E-state index contributed by atoms with van der Waals surface area (Å²) in [6.07, 6.45) is -1.74. The van der Waals surface area contributed by atoms with E-state index in [9.17, 15) is 13.2 Å². The average molecular weight is 305 g/mol. The first-order valence-corrected chi connectivity index (χ1v) is 6.93. The van der Waals surface area contributed by atoms with E-state index in [4.69, 9.17) is 9.47 Å². The molecule has 21 heavy (non-hydrogen) atoms. The molecule has 1 saturated heterocycles. The Balaban J connectivity index is 2.07. The molecule has 1 aromatic heterocycles. The zero-order valence-electron chi connectivity index (χ0n) is 11.7. The van der Waals surface area contributed by atoms with Gasteiger partial charge in [-0.25, -0.2) is 4.98 Å². The fourth-order valence-corrected chi connectivity index (χ4v) is 2.00. The van der Waals surface area contributed by atoms with Crippen LogP contribution in [0.2, 0.25) is 0 Å². The molecule has 2 rings (SSSR count). The average Bonchev–Trinajstić information content (AvgIpc) is 2.45. The van der Waals surface area contributed by atoms with E-state index in [1.54, 1.807) is 6.92 Å². The molecule has 0 saturated carbocycles. The van der Waals surface area contributed by atoms with Crippen LogP contribution in [0.25, 0.3) is 0 Å². The minimum absolute atomic E-state index is 0.0908. The quantitative estimate of drug-likeness (QED) is 0.906. The van der Waals surface area contributed by atoms with Gasteiger partial charge in [0, 0.05) is 19.2 Å². The number of hydrogen-bond acceptors (Lipinski definition) is 5. The molecule has 1 N–H and O–H groups in total. The maximum atomic E-state index is 12.8. The highest BCUT2D eigenvalue weighted by Crippen LogP contribution is 2.30. The van der Waals surface area contributed by atoms with E-state index in [-0.39, 0.29) is 24.5 Å². The van der Waals surface area contributed by atoms with Gasteiger partial charge in [0.05, 0.1) is 6.10 Å². The molecule has 8 heteroatoms. The summed E-state index contributed by atoms with van der Waals surface area (Å²) in [5.74, 6) is -0.186. The minimum atomic E-state index is -4.54. The summed E-state index contributed by atoms with van der Waals surface area (Å²) in [4.78, 5) is 7.35. The topological polar surface area (TPSA) is 56.3 Å². The Kier molecular flexibility index (Phi) is 5.22. The summed E-state index contributed by atoms with van der Waals surface area (Å²) in [5.41, 5.74) is -1.02. The Labute approximate surface area is 120 Å². The van der Waals surface area contributed by atoms with Gasteiger partial charge in [-0.1, -0.05) is 0 Å². The smallest absolute Gasteiger partial charge is 0.433 e. The molecule has 0 bridgehead atoms. The van der Waals surface area contributed by atoms with Gasteiger partial charge in [-0.3, -0.25) is 0 Å². The zero-order valence-corrected chi connectivity index (χ0v) is 11.7. The Morgan fingerprint density at radius 1 is 1.38 bits per heavy atom. The fraction of sp³-hybridized carbons (Fsp3) is 0.692. The van der Waals surface area contributed by atoms with Gasteiger partial charge in [0.15, 0.2) is 5.69 Å². The monoisotopic (exact) mass is 305 g/mol. The predicted molar refractivity (Wildman–Crippen MR) is 70.3 cm³/mol. The zero-order chi connectivity index (χ0) is 15.3. The van der Waals surface area contributed by atoms with Gasteiger partial charge in [0.1, 0.15) is 6.61 Å². The van der Waals surface area contributed by atoms with E-state index in [1.165, 1.54) is 0 Å². The first-order valence-electron chi connectivity index (χ1n) is 6.93. The van der Waals surface area contributed by atoms with Crippen LogP contribution < -0.4 is 10.1 Å².